The summed E-state index contributed by atoms with van der Waals surface area (Å²) in [6.45, 7) is 4.88. The lowest BCUT2D eigenvalue weighted by Crippen LogP contribution is -2.37. The second-order valence-electron chi connectivity index (χ2n) is 7.36. The van der Waals surface area contributed by atoms with E-state index in [1.807, 2.05) is 16.4 Å². The van der Waals surface area contributed by atoms with Gasteiger partial charge in [0.15, 0.2) is 17.0 Å². The maximum atomic E-state index is 13.1. The Bertz CT molecular complexity index is 1260. The molecule has 4 aromatic rings. The standard InChI is InChI=1S/C21H20F3N7O2/c1-2-29-13-25-16-17(29)26-20(27-18(16)30-8-10-32-11-9-30)31-12-15(14-6-4-3-5-7-14)19(28-31)33-21(22,23)24/h3-7,12-13H,2,8-11H2,1H3. The molecule has 0 N–H and O–H groups in total. The van der Waals surface area contributed by atoms with Crippen LogP contribution in [0.4, 0.5) is 19.0 Å². The van der Waals surface area contributed by atoms with Crippen molar-refractivity contribution in [2.24, 2.45) is 0 Å². The minimum Gasteiger partial charge on any atom is -0.386 e. The van der Waals surface area contributed by atoms with Crippen molar-refractivity contribution in [2.45, 2.75) is 19.8 Å². The minimum absolute atomic E-state index is 0.119. The lowest BCUT2D eigenvalue weighted by molar-refractivity contribution is -0.276. The van der Waals surface area contributed by atoms with Crippen molar-refractivity contribution in [1.82, 2.24) is 29.3 Å². The van der Waals surface area contributed by atoms with Crippen LogP contribution in [-0.4, -0.2) is 62.0 Å². The molecule has 1 saturated heterocycles. The van der Waals surface area contributed by atoms with Gasteiger partial charge in [-0.15, -0.1) is 18.3 Å². The van der Waals surface area contributed by atoms with Crippen molar-refractivity contribution in [3.05, 3.63) is 42.9 Å². The highest BCUT2D eigenvalue weighted by molar-refractivity contribution is 5.84. The summed E-state index contributed by atoms with van der Waals surface area (Å²) in [6.07, 6.45) is -1.79. The number of halogens is 3. The third-order valence-corrected chi connectivity index (χ3v) is 5.27. The molecule has 0 atom stereocenters. The quantitative estimate of drug-likeness (QED) is 0.452. The third-order valence-electron chi connectivity index (χ3n) is 5.27. The summed E-state index contributed by atoms with van der Waals surface area (Å²) in [5.41, 5.74) is 1.88. The van der Waals surface area contributed by atoms with Gasteiger partial charge in [0.05, 0.1) is 25.1 Å². The number of aryl methyl sites for hydroxylation is 1. The predicted octanol–water partition coefficient (Wildman–Crippen LogP) is 3.43. The normalized spacial score (nSPS) is 14.7. The maximum Gasteiger partial charge on any atom is 0.574 e. The van der Waals surface area contributed by atoms with Gasteiger partial charge in [-0.3, -0.25) is 0 Å². The van der Waals surface area contributed by atoms with E-state index in [0.717, 1.165) is 0 Å². The number of morpholine rings is 1. The topological polar surface area (TPSA) is 83.1 Å². The van der Waals surface area contributed by atoms with Gasteiger partial charge in [-0.05, 0) is 12.5 Å². The molecule has 0 radical (unpaired) electrons. The number of alkyl halides is 3. The number of hydrogen-bond donors (Lipinski definition) is 0. The van der Waals surface area contributed by atoms with Crippen LogP contribution in [-0.2, 0) is 11.3 Å². The van der Waals surface area contributed by atoms with Gasteiger partial charge >= 0.3 is 6.36 Å². The molecule has 1 aliphatic rings. The fraction of sp³-hybridized carbons (Fsp3) is 0.333. The Balaban J connectivity index is 1.67. The zero-order chi connectivity index (χ0) is 23.0. The van der Waals surface area contributed by atoms with E-state index < -0.39 is 12.2 Å². The Kier molecular flexibility index (Phi) is 5.36. The lowest BCUT2D eigenvalue weighted by atomic mass is 10.1. The highest BCUT2D eigenvalue weighted by Crippen LogP contribution is 2.34. The molecular weight excluding hydrogens is 439 g/mol. The van der Waals surface area contributed by atoms with E-state index in [-0.39, 0.29) is 11.5 Å². The van der Waals surface area contributed by atoms with Crippen molar-refractivity contribution in [2.75, 3.05) is 31.2 Å². The van der Waals surface area contributed by atoms with Gasteiger partial charge in [0.25, 0.3) is 5.95 Å². The minimum atomic E-state index is -4.90. The van der Waals surface area contributed by atoms with Crippen molar-refractivity contribution in [1.29, 1.82) is 0 Å². The molecule has 0 bridgehead atoms. The molecule has 172 valence electrons. The van der Waals surface area contributed by atoms with Crippen LogP contribution >= 0.6 is 0 Å². The van der Waals surface area contributed by atoms with Crippen LogP contribution in [0.25, 0.3) is 28.2 Å². The lowest BCUT2D eigenvalue weighted by Gasteiger charge is -2.28. The summed E-state index contributed by atoms with van der Waals surface area (Å²) in [6, 6.07) is 8.58. The predicted molar refractivity (Wildman–Crippen MR) is 113 cm³/mol. The fourth-order valence-electron chi connectivity index (χ4n) is 3.71. The molecular formula is C21H20F3N7O2. The summed E-state index contributed by atoms with van der Waals surface area (Å²) in [7, 11) is 0. The molecule has 4 heterocycles. The smallest absolute Gasteiger partial charge is 0.386 e. The van der Waals surface area contributed by atoms with Crippen molar-refractivity contribution in [3.8, 4) is 23.0 Å². The second-order valence-corrected chi connectivity index (χ2v) is 7.36. The second kappa shape index (κ2) is 8.35. The summed E-state index contributed by atoms with van der Waals surface area (Å²) in [5, 5.41) is 4.05. The molecule has 33 heavy (non-hydrogen) atoms. The molecule has 0 spiro atoms. The Morgan fingerprint density at radius 2 is 1.85 bits per heavy atom. The van der Waals surface area contributed by atoms with E-state index in [1.165, 1.54) is 10.9 Å². The van der Waals surface area contributed by atoms with Gasteiger partial charge in [-0.1, -0.05) is 30.3 Å². The summed E-state index contributed by atoms with van der Waals surface area (Å²) >= 11 is 0. The average Bonchev–Trinajstić information content (AvgIpc) is 3.42. The van der Waals surface area contributed by atoms with Gasteiger partial charge in [0.2, 0.25) is 5.88 Å². The van der Waals surface area contributed by atoms with Gasteiger partial charge < -0.3 is 18.9 Å². The molecule has 3 aromatic heterocycles. The number of fused-ring (bicyclic) bond motifs is 1. The van der Waals surface area contributed by atoms with Crippen molar-refractivity contribution >= 4 is 17.0 Å². The third kappa shape index (κ3) is 4.21. The zero-order valence-electron chi connectivity index (χ0n) is 17.7. The first-order valence-corrected chi connectivity index (χ1v) is 10.4. The molecule has 12 heteroatoms. The van der Waals surface area contributed by atoms with E-state index in [2.05, 4.69) is 24.8 Å². The molecule has 9 nitrogen and oxygen atoms in total. The Hall–Kier alpha value is -3.67. The highest BCUT2D eigenvalue weighted by atomic mass is 19.4. The van der Waals surface area contributed by atoms with E-state index in [9.17, 15) is 13.2 Å². The van der Waals surface area contributed by atoms with Gasteiger partial charge in [-0.2, -0.15) is 9.97 Å². The van der Waals surface area contributed by atoms with E-state index in [4.69, 9.17) is 4.74 Å². The zero-order valence-corrected chi connectivity index (χ0v) is 17.7. The Morgan fingerprint density at radius 3 is 2.55 bits per heavy atom. The monoisotopic (exact) mass is 459 g/mol. The Labute approximate surface area is 186 Å². The first kappa shape index (κ1) is 21.2. The van der Waals surface area contributed by atoms with Crippen LogP contribution in [0.1, 0.15) is 6.92 Å². The molecule has 0 saturated carbocycles. The molecule has 5 rings (SSSR count). The number of nitrogens with zero attached hydrogens (tertiary/aromatic N) is 7. The van der Waals surface area contributed by atoms with Gasteiger partial charge in [0.1, 0.15) is 0 Å². The first-order valence-electron chi connectivity index (χ1n) is 10.4. The number of anilines is 1. The molecule has 0 amide bonds. The number of rotatable bonds is 5. The van der Waals surface area contributed by atoms with Crippen LogP contribution in [0, 0.1) is 0 Å². The summed E-state index contributed by atoms with van der Waals surface area (Å²) in [4.78, 5) is 15.7. The van der Waals surface area contributed by atoms with Gasteiger partial charge in [0, 0.05) is 25.8 Å². The largest absolute Gasteiger partial charge is 0.574 e. The SMILES string of the molecule is CCn1cnc2c(N3CCOCC3)nc(-n3cc(-c4ccccc4)c(OC(F)(F)F)n3)nc21. The van der Waals surface area contributed by atoms with E-state index >= 15 is 0 Å². The van der Waals surface area contributed by atoms with Crippen molar-refractivity contribution in [3.63, 3.8) is 0 Å². The Morgan fingerprint density at radius 1 is 1.09 bits per heavy atom. The maximum absolute atomic E-state index is 13.1. The van der Waals surface area contributed by atoms with Crippen LogP contribution in [0.5, 0.6) is 5.88 Å². The molecule has 1 fully saturated rings. The molecule has 0 unspecified atom stereocenters. The van der Waals surface area contributed by atoms with Crippen LogP contribution in [0.2, 0.25) is 0 Å². The summed E-state index contributed by atoms with van der Waals surface area (Å²) < 4.78 is 52.0. The first-order chi connectivity index (χ1) is 15.9. The molecule has 1 aliphatic heterocycles. The molecule has 0 aliphatic carbocycles. The summed E-state index contributed by atoms with van der Waals surface area (Å²) in [5.74, 6) is 0.128. The number of hydrogen-bond acceptors (Lipinski definition) is 7. The van der Waals surface area contributed by atoms with Crippen LogP contribution in [0.15, 0.2) is 42.9 Å². The number of ether oxygens (including phenoxy) is 2. The number of benzene rings is 1. The van der Waals surface area contributed by atoms with Crippen LogP contribution < -0.4 is 9.64 Å². The number of aromatic nitrogens is 6. The molecule has 1 aromatic carbocycles. The van der Waals surface area contributed by atoms with E-state index in [0.29, 0.717) is 55.4 Å². The van der Waals surface area contributed by atoms with Crippen LogP contribution in [0.3, 0.4) is 0 Å². The van der Waals surface area contributed by atoms with Crippen molar-refractivity contribution < 1.29 is 22.6 Å². The fourth-order valence-corrected chi connectivity index (χ4v) is 3.71. The number of imidazole rings is 1. The van der Waals surface area contributed by atoms with E-state index in [1.54, 1.807) is 36.7 Å². The van der Waals surface area contributed by atoms with Gasteiger partial charge in [-0.25, -0.2) is 9.67 Å². The average molecular weight is 459 g/mol. The highest BCUT2D eigenvalue weighted by Gasteiger charge is 2.34.